The largest absolute Gasteiger partial charge is 0.484 e. The van der Waals surface area contributed by atoms with E-state index in [-0.39, 0.29) is 30.4 Å². The molecule has 1 aliphatic rings. The molecule has 2 aromatic rings. The van der Waals surface area contributed by atoms with Crippen molar-refractivity contribution >= 4 is 11.8 Å². The monoisotopic (exact) mass is 409 g/mol. The number of nitrogens with zero attached hydrogens (tertiary/aromatic N) is 3. The molecule has 1 aromatic carbocycles. The molecule has 0 N–H and O–H groups in total. The second kappa shape index (κ2) is 10.2. The van der Waals surface area contributed by atoms with Crippen molar-refractivity contribution in [3.8, 4) is 5.75 Å². The van der Waals surface area contributed by atoms with E-state index >= 15 is 0 Å². The van der Waals surface area contributed by atoms with Gasteiger partial charge in [0.1, 0.15) is 5.75 Å². The molecule has 1 aromatic heterocycles. The number of piperidine rings is 1. The van der Waals surface area contributed by atoms with E-state index in [9.17, 15) is 9.59 Å². The molecule has 2 heterocycles. The smallest absolute Gasteiger partial charge is 0.260 e. The average molecular weight is 410 g/mol. The molecule has 0 radical (unpaired) electrons. The van der Waals surface area contributed by atoms with Gasteiger partial charge in [0.15, 0.2) is 6.61 Å². The van der Waals surface area contributed by atoms with E-state index in [1.54, 1.807) is 12.4 Å². The van der Waals surface area contributed by atoms with Gasteiger partial charge in [-0.2, -0.15) is 0 Å². The summed E-state index contributed by atoms with van der Waals surface area (Å²) in [4.78, 5) is 33.6. The average Bonchev–Trinajstić information content (AvgIpc) is 2.76. The van der Waals surface area contributed by atoms with E-state index in [1.807, 2.05) is 67.0 Å². The zero-order valence-corrected chi connectivity index (χ0v) is 18.1. The van der Waals surface area contributed by atoms with Crippen LogP contribution in [0.15, 0.2) is 48.8 Å². The Labute approximate surface area is 178 Å². The summed E-state index contributed by atoms with van der Waals surface area (Å²) in [5, 5.41) is 0. The van der Waals surface area contributed by atoms with Crippen LogP contribution in [0, 0.1) is 12.8 Å². The molecule has 1 atom stereocenters. The Hall–Kier alpha value is -2.89. The summed E-state index contributed by atoms with van der Waals surface area (Å²) < 4.78 is 5.70. The van der Waals surface area contributed by atoms with Crippen molar-refractivity contribution < 1.29 is 14.3 Å². The van der Waals surface area contributed by atoms with Crippen molar-refractivity contribution in [2.24, 2.45) is 5.92 Å². The predicted octanol–water partition coefficient (Wildman–Crippen LogP) is 3.44. The van der Waals surface area contributed by atoms with Crippen molar-refractivity contribution in [3.63, 3.8) is 0 Å². The summed E-state index contributed by atoms with van der Waals surface area (Å²) in [5.74, 6) is 0.663. The summed E-state index contributed by atoms with van der Waals surface area (Å²) in [6.45, 7) is 7.58. The van der Waals surface area contributed by atoms with Gasteiger partial charge in [0.05, 0.1) is 0 Å². The van der Waals surface area contributed by atoms with Gasteiger partial charge in [0.2, 0.25) is 5.91 Å². The second-order valence-electron chi connectivity index (χ2n) is 8.22. The van der Waals surface area contributed by atoms with Crippen LogP contribution in [0.2, 0.25) is 0 Å². The third-order valence-corrected chi connectivity index (χ3v) is 5.39. The van der Waals surface area contributed by atoms with Gasteiger partial charge in [0.25, 0.3) is 5.91 Å². The molecule has 1 saturated heterocycles. The SMILES string of the molecule is Cc1cccc(OCC(=O)N2CCCC(N(Cc3cccnc3)C(=O)C(C)C)C2)c1. The fourth-order valence-corrected chi connectivity index (χ4v) is 3.78. The highest BCUT2D eigenvalue weighted by molar-refractivity contribution is 5.79. The number of likely N-dealkylation sites (tertiary alicyclic amines) is 1. The van der Waals surface area contributed by atoms with E-state index in [2.05, 4.69) is 4.98 Å². The Morgan fingerprint density at radius 3 is 2.80 bits per heavy atom. The van der Waals surface area contributed by atoms with Gasteiger partial charge in [-0.1, -0.05) is 32.0 Å². The van der Waals surface area contributed by atoms with Gasteiger partial charge < -0.3 is 14.5 Å². The summed E-state index contributed by atoms with van der Waals surface area (Å²) >= 11 is 0. The van der Waals surface area contributed by atoms with E-state index in [0.717, 1.165) is 24.0 Å². The van der Waals surface area contributed by atoms with Gasteiger partial charge in [-0.3, -0.25) is 14.6 Å². The molecule has 1 fully saturated rings. The zero-order valence-electron chi connectivity index (χ0n) is 18.1. The predicted molar refractivity (Wildman–Crippen MR) is 116 cm³/mol. The van der Waals surface area contributed by atoms with Crippen molar-refractivity contribution in [1.82, 2.24) is 14.8 Å². The molecular formula is C24H31N3O3. The number of aromatic nitrogens is 1. The number of rotatable bonds is 7. The first-order chi connectivity index (χ1) is 14.4. The van der Waals surface area contributed by atoms with Gasteiger partial charge in [0, 0.05) is 44.0 Å². The summed E-state index contributed by atoms with van der Waals surface area (Å²) in [6, 6.07) is 11.5. The molecular weight excluding hydrogens is 378 g/mol. The normalized spacial score (nSPS) is 16.4. The highest BCUT2D eigenvalue weighted by Crippen LogP contribution is 2.21. The maximum absolute atomic E-state index is 12.9. The van der Waals surface area contributed by atoms with Crippen molar-refractivity contribution in [1.29, 1.82) is 0 Å². The van der Waals surface area contributed by atoms with Gasteiger partial charge in [-0.25, -0.2) is 0 Å². The number of benzene rings is 1. The summed E-state index contributed by atoms with van der Waals surface area (Å²) in [6.07, 6.45) is 5.28. The number of hydrogen-bond donors (Lipinski definition) is 0. The maximum atomic E-state index is 12.9. The minimum Gasteiger partial charge on any atom is -0.484 e. The molecule has 160 valence electrons. The van der Waals surface area contributed by atoms with Crippen LogP contribution in [0.5, 0.6) is 5.75 Å². The lowest BCUT2D eigenvalue weighted by atomic mass is 10.0. The molecule has 0 bridgehead atoms. The van der Waals surface area contributed by atoms with Crippen LogP contribution in [-0.2, 0) is 16.1 Å². The third-order valence-electron chi connectivity index (χ3n) is 5.39. The molecule has 2 amide bonds. The number of hydrogen-bond acceptors (Lipinski definition) is 4. The molecule has 0 aliphatic carbocycles. The molecule has 6 heteroatoms. The lowest BCUT2D eigenvalue weighted by Crippen LogP contribution is -2.53. The zero-order chi connectivity index (χ0) is 21.5. The van der Waals surface area contributed by atoms with Crippen LogP contribution < -0.4 is 4.74 Å². The van der Waals surface area contributed by atoms with Crippen LogP contribution in [0.1, 0.15) is 37.8 Å². The molecule has 30 heavy (non-hydrogen) atoms. The van der Waals surface area contributed by atoms with Crippen LogP contribution in [0.3, 0.4) is 0 Å². The van der Waals surface area contributed by atoms with Crippen molar-refractivity contribution in [2.45, 2.75) is 46.2 Å². The summed E-state index contributed by atoms with van der Waals surface area (Å²) in [7, 11) is 0. The first-order valence-corrected chi connectivity index (χ1v) is 10.6. The Bertz CT molecular complexity index is 854. The lowest BCUT2D eigenvalue weighted by Gasteiger charge is -2.40. The third kappa shape index (κ3) is 5.81. The number of ether oxygens (including phenoxy) is 1. The Balaban J connectivity index is 1.65. The quantitative estimate of drug-likeness (QED) is 0.703. The van der Waals surface area contributed by atoms with E-state index in [0.29, 0.717) is 25.4 Å². The van der Waals surface area contributed by atoms with Crippen molar-refractivity contribution in [2.75, 3.05) is 19.7 Å². The molecule has 3 rings (SSSR count). The number of amides is 2. The maximum Gasteiger partial charge on any atom is 0.260 e. The topological polar surface area (TPSA) is 62.7 Å². The lowest BCUT2D eigenvalue weighted by molar-refractivity contribution is -0.143. The van der Waals surface area contributed by atoms with Gasteiger partial charge in [-0.15, -0.1) is 0 Å². The highest BCUT2D eigenvalue weighted by Gasteiger charge is 2.31. The molecule has 1 unspecified atom stereocenters. The highest BCUT2D eigenvalue weighted by atomic mass is 16.5. The van der Waals surface area contributed by atoms with Gasteiger partial charge in [-0.05, 0) is 49.1 Å². The molecule has 1 aliphatic heterocycles. The van der Waals surface area contributed by atoms with E-state index in [4.69, 9.17) is 4.74 Å². The molecule has 0 spiro atoms. The van der Waals surface area contributed by atoms with Crippen molar-refractivity contribution in [3.05, 3.63) is 59.9 Å². The molecule has 6 nitrogen and oxygen atoms in total. The minimum absolute atomic E-state index is 0.00299. The molecule has 0 saturated carbocycles. The fourth-order valence-electron chi connectivity index (χ4n) is 3.78. The fraction of sp³-hybridized carbons (Fsp3) is 0.458. The number of aryl methyl sites for hydroxylation is 1. The first kappa shape index (κ1) is 21.8. The van der Waals surface area contributed by atoms with Crippen LogP contribution in [-0.4, -0.2) is 52.3 Å². The number of pyridine rings is 1. The Kier molecular flexibility index (Phi) is 7.44. The minimum atomic E-state index is -0.0996. The van der Waals surface area contributed by atoms with Crippen LogP contribution in [0.25, 0.3) is 0 Å². The Morgan fingerprint density at radius 1 is 1.27 bits per heavy atom. The first-order valence-electron chi connectivity index (χ1n) is 10.6. The Morgan fingerprint density at radius 2 is 2.10 bits per heavy atom. The number of carbonyl (C=O) groups excluding carboxylic acids is 2. The number of carbonyl (C=O) groups is 2. The van der Waals surface area contributed by atoms with Gasteiger partial charge >= 0.3 is 0 Å². The van der Waals surface area contributed by atoms with E-state index in [1.165, 1.54) is 0 Å². The van der Waals surface area contributed by atoms with Crippen LogP contribution in [0.4, 0.5) is 0 Å². The summed E-state index contributed by atoms with van der Waals surface area (Å²) in [5.41, 5.74) is 2.09. The second-order valence-corrected chi connectivity index (χ2v) is 8.22. The standard InChI is InChI=1S/C24H31N3O3/c1-18(2)24(29)27(15-20-8-5-11-25-14-20)21-9-6-12-26(16-21)23(28)17-30-22-10-4-7-19(3)13-22/h4-5,7-8,10-11,13-14,18,21H,6,9,12,15-17H2,1-3H3. The van der Waals surface area contributed by atoms with Crippen LogP contribution >= 0.6 is 0 Å². The van der Waals surface area contributed by atoms with E-state index < -0.39 is 0 Å².